The molecule has 178 valence electrons. The van der Waals surface area contributed by atoms with Crippen molar-refractivity contribution in [3.63, 3.8) is 0 Å². The molecule has 1 aromatic rings. The van der Waals surface area contributed by atoms with Gasteiger partial charge in [0.1, 0.15) is 6.23 Å². The number of H-pyrrole nitrogens is 1. The van der Waals surface area contributed by atoms with E-state index in [1.54, 1.807) is 0 Å². The van der Waals surface area contributed by atoms with Gasteiger partial charge in [0, 0.05) is 30.1 Å². The molecule has 1 saturated heterocycles. The van der Waals surface area contributed by atoms with Crippen LogP contribution in [0.2, 0.25) is 0 Å². The van der Waals surface area contributed by atoms with Crippen LogP contribution < -0.4 is 21.7 Å². The Labute approximate surface area is 183 Å². The number of amides is 1. The number of carbonyl (C=O) groups is 1. The van der Waals surface area contributed by atoms with Gasteiger partial charge in [0.25, 0.3) is 5.56 Å². The number of likely N-dealkylation sites (N-methyl/N-ethyl adjacent to an activating group) is 1. The Balaban J connectivity index is 2.13. The summed E-state index contributed by atoms with van der Waals surface area (Å²) in [7, 11) is -3.01. The molecule has 0 radical (unpaired) electrons. The van der Waals surface area contributed by atoms with Gasteiger partial charge < -0.3 is 14.9 Å². The van der Waals surface area contributed by atoms with Crippen LogP contribution in [0.1, 0.15) is 38.5 Å². The first-order chi connectivity index (χ1) is 15.0. The van der Waals surface area contributed by atoms with Crippen LogP contribution in [0.5, 0.6) is 0 Å². The topological polar surface area (TPSA) is 201 Å². The van der Waals surface area contributed by atoms with Crippen LogP contribution in [0.3, 0.4) is 0 Å². The van der Waals surface area contributed by atoms with Crippen molar-refractivity contribution in [2.45, 2.75) is 58.0 Å². The average Bonchev–Trinajstić information content (AvgIpc) is 3.10. The number of hydrogen-bond donors (Lipinski definition) is 4. The molecular weight excluding hydrogens is 445 g/mol. The predicted molar refractivity (Wildman–Crippen MR) is 114 cm³/mol. The molecule has 15 heteroatoms. The van der Waals surface area contributed by atoms with E-state index in [0.717, 1.165) is 4.57 Å². The van der Waals surface area contributed by atoms with Gasteiger partial charge in [0.2, 0.25) is 5.91 Å². The van der Waals surface area contributed by atoms with Gasteiger partial charge in [-0.05, 0) is 24.8 Å². The molecule has 32 heavy (non-hydrogen) atoms. The summed E-state index contributed by atoms with van der Waals surface area (Å²) in [5.41, 5.74) is 7.88. The van der Waals surface area contributed by atoms with E-state index < -0.39 is 55.9 Å². The van der Waals surface area contributed by atoms with E-state index in [0.29, 0.717) is 6.42 Å². The fourth-order valence-electron chi connectivity index (χ4n) is 3.30. The first kappa shape index (κ1) is 25.8. The maximum absolute atomic E-state index is 12.5. The molecule has 1 unspecified atom stereocenters. The second kappa shape index (κ2) is 10.9. The molecule has 1 aromatic heterocycles. The van der Waals surface area contributed by atoms with E-state index in [-0.39, 0.29) is 17.9 Å². The van der Waals surface area contributed by atoms with Gasteiger partial charge in [-0.15, -0.1) is 0 Å². The lowest BCUT2D eigenvalue weighted by molar-refractivity contribution is -0.122. The van der Waals surface area contributed by atoms with Crippen LogP contribution in [0.15, 0.2) is 20.9 Å². The number of nitrogens with zero attached hydrogens (tertiary/aromatic N) is 4. The maximum Gasteiger partial charge on any atom is 0.403 e. The molecule has 1 aliphatic heterocycles. The number of nitrogens with one attached hydrogen (secondary N) is 3. The molecule has 0 bridgehead atoms. The van der Waals surface area contributed by atoms with E-state index in [4.69, 9.17) is 14.8 Å². The number of ether oxygens (including phenoxy) is 1. The Kier molecular flexibility index (Phi) is 8.79. The molecule has 0 aromatic carbocycles. The highest BCUT2D eigenvalue weighted by Gasteiger charge is 2.38. The lowest BCUT2D eigenvalue weighted by Gasteiger charge is -2.23. The van der Waals surface area contributed by atoms with Crippen molar-refractivity contribution in [1.29, 1.82) is 0 Å². The van der Waals surface area contributed by atoms with Crippen LogP contribution >= 0.6 is 7.75 Å². The summed E-state index contributed by atoms with van der Waals surface area (Å²) in [6.45, 7) is 4.79. The fraction of sp³-hybridized carbons (Fsp3) is 0.706. The van der Waals surface area contributed by atoms with Crippen molar-refractivity contribution in [1.82, 2.24) is 20.0 Å². The zero-order valence-electron chi connectivity index (χ0n) is 18.2. The van der Waals surface area contributed by atoms with Gasteiger partial charge in [-0.1, -0.05) is 19.0 Å². The molecular formula is C17H28N7O7P. The third kappa shape index (κ3) is 6.76. The monoisotopic (exact) mass is 473 g/mol. The number of rotatable bonds is 10. The lowest BCUT2D eigenvalue weighted by atomic mass is 10.0. The van der Waals surface area contributed by atoms with Crippen LogP contribution in [-0.4, -0.2) is 52.2 Å². The minimum absolute atomic E-state index is 0.0668. The van der Waals surface area contributed by atoms with Crippen molar-refractivity contribution in [2.24, 2.45) is 11.0 Å². The first-order valence-corrected chi connectivity index (χ1v) is 11.5. The van der Waals surface area contributed by atoms with E-state index in [1.807, 2.05) is 13.8 Å². The van der Waals surface area contributed by atoms with Gasteiger partial charge >= 0.3 is 13.4 Å². The highest BCUT2D eigenvalue weighted by molar-refractivity contribution is 7.50. The Hall–Kier alpha value is -2.47. The molecule has 0 saturated carbocycles. The summed E-state index contributed by atoms with van der Waals surface area (Å²) in [4.78, 5) is 50.8. The quantitative estimate of drug-likeness (QED) is 0.164. The Morgan fingerprint density at radius 3 is 2.81 bits per heavy atom. The average molecular weight is 473 g/mol. The van der Waals surface area contributed by atoms with Crippen LogP contribution in [0.25, 0.3) is 10.4 Å². The number of aromatic amines is 1. The summed E-state index contributed by atoms with van der Waals surface area (Å²) < 4.78 is 24.5. The van der Waals surface area contributed by atoms with Gasteiger partial charge in [-0.2, -0.15) is 0 Å². The van der Waals surface area contributed by atoms with Crippen molar-refractivity contribution in [3.05, 3.63) is 43.0 Å². The van der Waals surface area contributed by atoms with Crippen molar-refractivity contribution < 1.29 is 23.5 Å². The molecule has 5 atom stereocenters. The number of carbonyl (C=O) groups excluding carboxylic acids is 1. The van der Waals surface area contributed by atoms with Crippen LogP contribution in [0.4, 0.5) is 0 Å². The molecule has 0 spiro atoms. The summed E-state index contributed by atoms with van der Waals surface area (Å²) in [6, 6.07) is -1.75. The third-order valence-electron chi connectivity index (χ3n) is 4.86. The molecule has 0 aliphatic carbocycles. The standard InChI is InChI=1S/C17H28N7O7P/c1-9(2)5-12(16(26)19-4)22-32(28,29)30-8-13-11(21-23-18)6-14(31-13)24-7-10(3)15(25)20-17(24)27/h7,9,11-14H,5-6,8H2,1-4H3,(H,19,26)(H,20,25,27)(H2,22,28,29)/t11-,12-,13+,14+/m0/s1. The second-order valence-corrected chi connectivity index (χ2v) is 9.41. The summed E-state index contributed by atoms with van der Waals surface area (Å²) in [6.07, 6.45) is -0.124. The van der Waals surface area contributed by atoms with E-state index in [9.17, 15) is 23.8 Å². The molecule has 14 nitrogen and oxygen atoms in total. The number of hydrogen-bond acceptors (Lipinski definition) is 7. The largest absolute Gasteiger partial charge is 0.403 e. The number of azide groups is 1. The van der Waals surface area contributed by atoms with Gasteiger partial charge in [0.15, 0.2) is 0 Å². The van der Waals surface area contributed by atoms with Gasteiger partial charge in [0.05, 0.1) is 24.8 Å². The normalized spacial score (nSPS) is 23.4. The molecule has 2 rings (SSSR count). The fourth-order valence-corrected chi connectivity index (χ4v) is 4.34. The zero-order chi connectivity index (χ0) is 24.1. The Morgan fingerprint density at radius 1 is 1.53 bits per heavy atom. The summed E-state index contributed by atoms with van der Waals surface area (Å²) in [5.74, 6) is -0.398. The Morgan fingerprint density at radius 2 is 2.22 bits per heavy atom. The molecule has 1 fully saturated rings. The first-order valence-electron chi connectivity index (χ1n) is 9.95. The molecule has 2 heterocycles. The Bertz CT molecular complexity index is 1030. The number of aromatic nitrogens is 2. The zero-order valence-corrected chi connectivity index (χ0v) is 19.1. The van der Waals surface area contributed by atoms with E-state index in [1.165, 1.54) is 20.2 Å². The van der Waals surface area contributed by atoms with Crippen LogP contribution in [0, 0.1) is 12.8 Å². The van der Waals surface area contributed by atoms with Gasteiger partial charge in [-0.25, -0.2) is 14.4 Å². The minimum Gasteiger partial charge on any atom is -0.358 e. The second-order valence-electron chi connectivity index (χ2n) is 7.86. The number of aryl methyl sites for hydroxylation is 1. The minimum atomic E-state index is -4.43. The third-order valence-corrected chi connectivity index (χ3v) is 6.00. The molecule has 1 aliphatic rings. The van der Waals surface area contributed by atoms with E-state index in [2.05, 4.69) is 25.4 Å². The lowest BCUT2D eigenvalue weighted by Crippen LogP contribution is -2.42. The SMILES string of the molecule is CNC(=O)[C@H](CC(C)C)NP(=O)(O)OC[C@H]1O[C@@H](n2cc(C)c(=O)[nH]c2=O)C[C@@H]1N=[N+]=[N-]. The summed E-state index contributed by atoms with van der Waals surface area (Å²) >= 11 is 0. The molecule has 1 amide bonds. The summed E-state index contributed by atoms with van der Waals surface area (Å²) in [5, 5.41) is 8.39. The van der Waals surface area contributed by atoms with Gasteiger partial charge in [-0.3, -0.25) is 23.7 Å². The van der Waals surface area contributed by atoms with Crippen molar-refractivity contribution >= 4 is 13.7 Å². The molecule has 4 N–H and O–H groups in total. The van der Waals surface area contributed by atoms with Crippen molar-refractivity contribution in [3.8, 4) is 0 Å². The smallest absolute Gasteiger partial charge is 0.358 e. The van der Waals surface area contributed by atoms with Crippen LogP contribution in [-0.2, 0) is 18.6 Å². The van der Waals surface area contributed by atoms with E-state index >= 15 is 0 Å². The highest BCUT2D eigenvalue weighted by atomic mass is 31.2. The predicted octanol–water partition coefficient (Wildman–Crippen LogP) is 0.679. The van der Waals surface area contributed by atoms with Crippen molar-refractivity contribution in [2.75, 3.05) is 13.7 Å². The maximum atomic E-state index is 12.5. The highest BCUT2D eigenvalue weighted by Crippen LogP contribution is 2.40.